The maximum absolute atomic E-state index is 6.01. The van der Waals surface area contributed by atoms with Gasteiger partial charge in [0.1, 0.15) is 0 Å². The van der Waals surface area contributed by atoms with E-state index in [2.05, 4.69) is 63.9 Å². The Hall–Kier alpha value is -1.03. The molecule has 0 saturated heterocycles. The molecule has 4 heteroatoms. The molecule has 18 heavy (non-hydrogen) atoms. The Labute approximate surface area is 117 Å². The smallest absolute Gasteiger partial charge is 0.191 e. The summed E-state index contributed by atoms with van der Waals surface area (Å²) >= 11 is 3.45. The van der Waals surface area contributed by atoms with Gasteiger partial charge in [0.05, 0.1) is 6.04 Å². The summed E-state index contributed by atoms with van der Waals surface area (Å²) < 4.78 is 1.12. The highest BCUT2D eigenvalue weighted by Crippen LogP contribution is 2.43. The van der Waals surface area contributed by atoms with Gasteiger partial charge >= 0.3 is 0 Å². The summed E-state index contributed by atoms with van der Waals surface area (Å²) in [7, 11) is 0. The van der Waals surface area contributed by atoms with E-state index in [9.17, 15) is 0 Å². The summed E-state index contributed by atoms with van der Waals surface area (Å²) in [5.41, 5.74) is 7.37. The van der Waals surface area contributed by atoms with E-state index in [4.69, 9.17) is 5.73 Å². The molecule has 0 bridgehead atoms. The third-order valence-electron chi connectivity index (χ3n) is 3.44. The molecular weight excluding hydrogens is 290 g/mol. The van der Waals surface area contributed by atoms with Crippen molar-refractivity contribution in [2.75, 3.05) is 13.1 Å². The summed E-state index contributed by atoms with van der Waals surface area (Å²) in [6, 6.07) is 8.87. The van der Waals surface area contributed by atoms with E-state index in [0.717, 1.165) is 24.0 Å². The molecule has 1 aliphatic carbocycles. The summed E-state index contributed by atoms with van der Waals surface area (Å²) in [5.74, 6) is 1.23. The quantitative estimate of drug-likeness (QED) is 0.686. The van der Waals surface area contributed by atoms with Gasteiger partial charge < -0.3 is 10.6 Å². The molecule has 0 heterocycles. The monoisotopic (exact) mass is 309 g/mol. The number of hydrogen-bond acceptors (Lipinski definition) is 1. The van der Waals surface area contributed by atoms with E-state index in [-0.39, 0.29) is 0 Å². The van der Waals surface area contributed by atoms with Crippen LogP contribution in [0.25, 0.3) is 0 Å². The van der Waals surface area contributed by atoms with Gasteiger partial charge in [0.2, 0.25) is 0 Å². The van der Waals surface area contributed by atoms with E-state index in [1.54, 1.807) is 0 Å². The molecule has 1 aliphatic rings. The second-order valence-corrected chi connectivity index (χ2v) is 5.54. The van der Waals surface area contributed by atoms with E-state index in [1.807, 2.05) is 0 Å². The molecule has 0 radical (unpaired) electrons. The molecular formula is C14H20BrN3. The number of benzene rings is 1. The number of guanidine groups is 1. The third-order valence-corrected chi connectivity index (χ3v) is 3.97. The van der Waals surface area contributed by atoms with Crippen LogP contribution in [0.1, 0.15) is 31.7 Å². The van der Waals surface area contributed by atoms with Crippen LogP contribution in [0.2, 0.25) is 0 Å². The molecule has 1 fully saturated rings. The molecule has 2 N–H and O–H groups in total. The van der Waals surface area contributed by atoms with Crippen LogP contribution in [-0.2, 0) is 0 Å². The lowest BCUT2D eigenvalue weighted by molar-refractivity contribution is 0.458. The topological polar surface area (TPSA) is 41.6 Å². The second kappa shape index (κ2) is 5.74. The van der Waals surface area contributed by atoms with Crippen LogP contribution < -0.4 is 5.73 Å². The molecule has 2 unspecified atom stereocenters. The second-order valence-electron chi connectivity index (χ2n) is 4.62. The predicted molar refractivity (Wildman–Crippen MR) is 79.8 cm³/mol. The average Bonchev–Trinajstić information content (AvgIpc) is 3.11. The lowest BCUT2D eigenvalue weighted by Crippen LogP contribution is -2.37. The first-order valence-corrected chi connectivity index (χ1v) is 7.28. The SMILES string of the molecule is CCN(CC)C(N)=NC1CC1c1ccc(Br)cc1. The van der Waals surface area contributed by atoms with E-state index >= 15 is 0 Å². The maximum Gasteiger partial charge on any atom is 0.191 e. The molecule has 0 amide bonds. The molecule has 2 rings (SSSR count). The Morgan fingerprint density at radius 2 is 1.94 bits per heavy atom. The van der Waals surface area contributed by atoms with Gasteiger partial charge in [0.15, 0.2) is 5.96 Å². The van der Waals surface area contributed by atoms with Gasteiger partial charge in [0.25, 0.3) is 0 Å². The predicted octanol–water partition coefficient (Wildman–Crippen LogP) is 2.96. The minimum atomic E-state index is 0.367. The number of hydrogen-bond donors (Lipinski definition) is 1. The Morgan fingerprint density at radius 3 is 2.50 bits per heavy atom. The van der Waals surface area contributed by atoms with Crippen molar-refractivity contribution in [3.05, 3.63) is 34.3 Å². The number of rotatable bonds is 4. The van der Waals surface area contributed by atoms with Gasteiger partial charge in [-0.3, -0.25) is 0 Å². The molecule has 3 nitrogen and oxygen atoms in total. The van der Waals surface area contributed by atoms with Crippen molar-refractivity contribution in [1.29, 1.82) is 0 Å². The van der Waals surface area contributed by atoms with Crippen LogP contribution in [0, 0.1) is 0 Å². The lowest BCUT2D eigenvalue weighted by Gasteiger charge is -2.19. The van der Waals surface area contributed by atoms with Gasteiger partial charge in [-0.1, -0.05) is 28.1 Å². The minimum Gasteiger partial charge on any atom is -0.370 e. The van der Waals surface area contributed by atoms with E-state index < -0.39 is 0 Å². The molecule has 0 spiro atoms. The zero-order valence-electron chi connectivity index (χ0n) is 10.9. The van der Waals surface area contributed by atoms with Crippen LogP contribution in [-0.4, -0.2) is 30.0 Å². The van der Waals surface area contributed by atoms with Gasteiger partial charge in [-0.15, -0.1) is 0 Å². The van der Waals surface area contributed by atoms with Crippen molar-refractivity contribution in [3.63, 3.8) is 0 Å². The first-order chi connectivity index (χ1) is 8.65. The normalized spacial score (nSPS) is 22.9. The molecule has 0 aromatic heterocycles. The highest BCUT2D eigenvalue weighted by Gasteiger charge is 2.38. The van der Waals surface area contributed by atoms with Crippen molar-refractivity contribution < 1.29 is 0 Å². The third kappa shape index (κ3) is 3.05. The molecule has 0 aliphatic heterocycles. The van der Waals surface area contributed by atoms with Crippen molar-refractivity contribution in [2.24, 2.45) is 10.7 Å². The fourth-order valence-corrected chi connectivity index (χ4v) is 2.46. The average molecular weight is 310 g/mol. The fraction of sp³-hybridized carbons (Fsp3) is 0.500. The van der Waals surface area contributed by atoms with Crippen LogP contribution in [0.15, 0.2) is 33.7 Å². The summed E-state index contributed by atoms with van der Waals surface area (Å²) in [5, 5.41) is 0. The zero-order valence-corrected chi connectivity index (χ0v) is 12.5. The van der Waals surface area contributed by atoms with Crippen LogP contribution in [0.5, 0.6) is 0 Å². The van der Waals surface area contributed by atoms with Crippen molar-refractivity contribution >= 4 is 21.9 Å². The van der Waals surface area contributed by atoms with Crippen LogP contribution >= 0.6 is 15.9 Å². The van der Waals surface area contributed by atoms with E-state index in [1.165, 1.54) is 5.56 Å². The number of halogens is 1. The van der Waals surface area contributed by atoms with Gasteiger partial charge in [-0.25, -0.2) is 4.99 Å². The zero-order chi connectivity index (χ0) is 13.1. The van der Waals surface area contributed by atoms with Crippen molar-refractivity contribution in [1.82, 2.24) is 4.90 Å². The number of nitrogens with two attached hydrogens (primary N) is 1. The maximum atomic E-state index is 6.01. The Balaban J connectivity index is 1.99. The largest absolute Gasteiger partial charge is 0.370 e. The van der Waals surface area contributed by atoms with Crippen LogP contribution in [0.4, 0.5) is 0 Å². The molecule has 1 aromatic rings. The van der Waals surface area contributed by atoms with Crippen molar-refractivity contribution in [2.45, 2.75) is 32.2 Å². The minimum absolute atomic E-state index is 0.367. The molecule has 98 valence electrons. The number of aliphatic imine (C=N–C) groups is 1. The Kier molecular flexibility index (Phi) is 4.27. The Bertz CT molecular complexity index is 423. The van der Waals surface area contributed by atoms with E-state index in [0.29, 0.717) is 17.9 Å². The van der Waals surface area contributed by atoms with Crippen LogP contribution in [0.3, 0.4) is 0 Å². The molecule has 1 aromatic carbocycles. The van der Waals surface area contributed by atoms with Crippen molar-refractivity contribution in [3.8, 4) is 0 Å². The molecule has 2 atom stereocenters. The lowest BCUT2D eigenvalue weighted by atomic mass is 10.1. The summed E-state index contributed by atoms with van der Waals surface area (Å²) in [4.78, 5) is 6.71. The molecule has 1 saturated carbocycles. The summed E-state index contributed by atoms with van der Waals surface area (Å²) in [6.07, 6.45) is 1.11. The standard InChI is InChI=1S/C14H20BrN3/c1-3-18(4-2)14(16)17-13-9-12(13)10-5-7-11(15)8-6-10/h5-8,12-13H,3-4,9H2,1-2H3,(H2,16,17). The first-order valence-electron chi connectivity index (χ1n) is 6.49. The summed E-state index contributed by atoms with van der Waals surface area (Å²) in [6.45, 7) is 6.04. The fourth-order valence-electron chi connectivity index (χ4n) is 2.19. The van der Waals surface area contributed by atoms with Gasteiger partial charge in [0, 0.05) is 23.5 Å². The van der Waals surface area contributed by atoms with Gasteiger partial charge in [-0.2, -0.15) is 0 Å². The Morgan fingerprint density at radius 1 is 1.33 bits per heavy atom. The number of nitrogens with zero attached hydrogens (tertiary/aromatic N) is 2. The van der Waals surface area contributed by atoms with Gasteiger partial charge in [-0.05, 0) is 38.0 Å². The highest BCUT2D eigenvalue weighted by atomic mass is 79.9. The highest BCUT2D eigenvalue weighted by molar-refractivity contribution is 9.10. The first kappa shape index (κ1) is 13.4.